The molecule has 0 unspecified atom stereocenters. The van der Waals surface area contributed by atoms with Crippen molar-refractivity contribution in [1.29, 1.82) is 0 Å². The summed E-state index contributed by atoms with van der Waals surface area (Å²) in [5.74, 6) is -0.936. The van der Waals surface area contributed by atoms with Crippen molar-refractivity contribution in [1.82, 2.24) is 0 Å². The Morgan fingerprint density at radius 2 is 1.93 bits per heavy atom. The molecule has 0 fully saturated rings. The Balaban J connectivity index is 2.60. The van der Waals surface area contributed by atoms with Crippen molar-refractivity contribution in [2.45, 2.75) is 27.4 Å². The van der Waals surface area contributed by atoms with Crippen molar-refractivity contribution in [2.24, 2.45) is 5.92 Å². The minimum absolute atomic E-state index is 0.00917. The number of carboxylic acid groups (broad SMARTS) is 1. The summed E-state index contributed by atoms with van der Waals surface area (Å²) in [5, 5.41) is 29.4. The first-order valence-corrected chi connectivity index (χ1v) is 8.52. The molecule has 0 aliphatic heterocycles. The number of carboxylic acids is 1. The Labute approximate surface area is 158 Å². The molecule has 0 amide bonds. The average molecular weight is 372 g/mol. The van der Waals surface area contributed by atoms with Crippen LogP contribution in [0.4, 0.5) is 0 Å². The molecule has 6 nitrogen and oxygen atoms in total. The first kappa shape index (κ1) is 20.3. The molecule has 2 aromatic rings. The zero-order chi connectivity index (χ0) is 20.1. The van der Waals surface area contributed by atoms with Gasteiger partial charge in [0, 0.05) is 11.1 Å². The van der Waals surface area contributed by atoms with E-state index in [2.05, 4.69) is 0 Å². The summed E-state index contributed by atoms with van der Waals surface area (Å²) in [5.41, 5.74) is 1.54. The van der Waals surface area contributed by atoms with Gasteiger partial charge in [0.15, 0.2) is 11.5 Å². The van der Waals surface area contributed by atoms with Crippen molar-refractivity contribution < 1.29 is 29.6 Å². The van der Waals surface area contributed by atoms with Crippen LogP contribution in [0.25, 0.3) is 6.08 Å². The number of rotatable bonds is 7. The van der Waals surface area contributed by atoms with Crippen LogP contribution < -0.4 is 9.47 Å². The predicted octanol–water partition coefficient (Wildman–Crippen LogP) is 4.36. The Hall–Kier alpha value is -2.99. The van der Waals surface area contributed by atoms with Crippen LogP contribution in [-0.2, 0) is 6.61 Å². The lowest BCUT2D eigenvalue weighted by molar-refractivity contribution is 0.0690. The number of aliphatic hydroxyl groups excluding tert-OH is 1. The van der Waals surface area contributed by atoms with Crippen LogP contribution >= 0.6 is 0 Å². The van der Waals surface area contributed by atoms with E-state index in [0.29, 0.717) is 11.1 Å². The first-order valence-electron chi connectivity index (χ1n) is 8.52. The van der Waals surface area contributed by atoms with E-state index in [-0.39, 0.29) is 41.1 Å². The second kappa shape index (κ2) is 8.60. The van der Waals surface area contributed by atoms with Crippen LogP contribution in [-0.4, -0.2) is 28.4 Å². The van der Waals surface area contributed by atoms with E-state index in [1.54, 1.807) is 25.1 Å². The number of allylic oxidation sites excluding steroid dienone is 1. The molecular weight excluding hydrogens is 348 g/mol. The summed E-state index contributed by atoms with van der Waals surface area (Å²) < 4.78 is 11.0. The molecule has 0 heterocycles. The third-order valence-electron chi connectivity index (χ3n) is 3.90. The highest BCUT2D eigenvalue weighted by atomic mass is 16.5. The SMILES string of the molecule is COc1c(C=CC(C)C)ccc(Oc2c(O)cc(C)cc2CO)c1C(=O)O. The van der Waals surface area contributed by atoms with Gasteiger partial charge < -0.3 is 24.8 Å². The lowest BCUT2D eigenvalue weighted by Gasteiger charge is -2.17. The quantitative estimate of drug-likeness (QED) is 0.668. The van der Waals surface area contributed by atoms with Crippen molar-refractivity contribution in [3.63, 3.8) is 0 Å². The van der Waals surface area contributed by atoms with Crippen LogP contribution in [0.1, 0.15) is 40.9 Å². The monoisotopic (exact) mass is 372 g/mol. The molecule has 0 saturated heterocycles. The summed E-state index contributed by atoms with van der Waals surface area (Å²) >= 11 is 0. The zero-order valence-electron chi connectivity index (χ0n) is 15.8. The Bertz CT molecular complexity index is 867. The Morgan fingerprint density at radius 1 is 1.22 bits per heavy atom. The number of hydrogen-bond donors (Lipinski definition) is 3. The number of aromatic hydroxyl groups is 1. The van der Waals surface area contributed by atoms with Gasteiger partial charge in [0.2, 0.25) is 0 Å². The van der Waals surface area contributed by atoms with E-state index in [9.17, 15) is 20.1 Å². The van der Waals surface area contributed by atoms with Crippen molar-refractivity contribution in [3.8, 4) is 23.0 Å². The molecule has 0 radical (unpaired) electrons. The highest BCUT2D eigenvalue weighted by Crippen LogP contribution is 2.40. The lowest BCUT2D eigenvalue weighted by atomic mass is 10.0. The van der Waals surface area contributed by atoms with Crippen LogP contribution in [0.15, 0.2) is 30.3 Å². The number of aromatic carboxylic acids is 1. The Morgan fingerprint density at radius 3 is 2.48 bits per heavy atom. The molecule has 2 rings (SSSR count). The maximum atomic E-state index is 11.9. The van der Waals surface area contributed by atoms with Gasteiger partial charge in [-0.2, -0.15) is 0 Å². The molecule has 0 aromatic heterocycles. The van der Waals surface area contributed by atoms with Gasteiger partial charge in [-0.25, -0.2) is 4.79 Å². The van der Waals surface area contributed by atoms with E-state index in [1.165, 1.54) is 19.2 Å². The number of hydrogen-bond acceptors (Lipinski definition) is 5. The summed E-state index contributed by atoms with van der Waals surface area (Å²) in [4.78, 5) is 11.9. The van der Waals surface area contributed by atoms with Gasteiger partial charge in [-0.3, -0.25) is 0 Å². The third-order valence-corrected chi connectivity index (χ3v) is 3.90. The van der Waals surface area contributed by atoms with Crippen molar-refractivity contribution in [3.05, 3.63) is 52.6 Å². The van der Waals surface area contributed by atoms with E-state index < -0.39 is 5.97 Å². The maximum Gasteiger partial charge on any atom is 0.343 e. The molecule has 0 bridgehead atoms. The molecule has 0 saturated carbocycles. The molecular formula is C21H24O6. The summed E-state index contributed by atoms with van der Waals surface area (Å²) in [6.07, 6.45) is 3.72. The van der Waals surface area contributed by atoms with Gasteiger partial charge in [0.25, 0.3) is 0 Å². The highest BCUT2D eigenvalue weighted by molar-refractivity contribution is 5.96. The van der Waals surface area contributed by atoms with Crippen molar-refractivity contribution >= 4 is 12.0 Å². The molecule has 2 aromatic carbocycles. The minimum atomic E-state index is -1.22. The van der Waals surface area contributed by atoms with Gasteiger partial charge in [-0.1, -0.05) is 26.0 Å². The largest absolute Gasteiger partial charge is 0.504 e. The zero-order valence-corrected chi connectivity index (χ0v) is 15.8. The molecule has 0 aliphatic rings. The summed E-state index contributed by atoms with van der Waals surface area (Å²) in [6.45, 7) is 5.42. The van der Waals surface area contributed by atoms with Crippen LogP contribution in [0.5, 0.6) is 23.0 Å². The van der Waals surface area contributed by atoms with Gasteiger partial charge in [0.05, 0.1) is 13.7 Å². The number of phenols is 1. The molecule has 0 atom stereocenters. The van der Waals surface area contributed by atoms with Crippen molar-refractivity contribution in [2.75, 3.05) is 7.11 Å². The number of benzene rings is 2. The number of ether oxygens (including phenoxy) is 2. The van der Waals surface area contributed by atoms with E-state index >= 15 is 0 Å². The van der Waals surface area contributed by atoms with Gasteiger partial charge in [-0.15, -0.1) is 0 Å². The molecule has 27 heavy (non-hydrogen) atoms. The second-order valence-electron chi connectivity index (χ2n) is 6.50. The Kier molecular flexibility index (Phi) is 6.47. The normalized spacial score (nSPS) is 11.2. The lowest BCUT2D eigenvalue weighted by Crippen LogP contribution is -2.06. The van der Waals surface area contributed by atoms with Gasteiger partial charge >= 0.3 is 5.97 Å². The van der Waals surface area contributed by atoms with E-state index in [0.717, 1.165) is 5.56 Å². The number of carbonyl (C=O) groups is 1. The number of aryl methyl sites for hydroxylation is 1. The summed E-state index contributed by atoms with van der Waals surface area (Å²) in [7, 11) is 1.39. The number of phenolic OH excluding ortho intramolecular Hbond substituents is 1. The topological polar surface area (TPSA) is 96.2 Å². The van der Waals surface area contributed by atoms with Gasteiger partial charge in [0.1, 0.15) is 17.1 Å². The molecule has 3 N–H and O–H groups in total. The van der Waals surface area contributed by atoms with Crippen LogP contribution in [0.3, 0.4) is 0 Å². The minimum Gasteiger partial charge on any atom is -0.504 e. The first-order chi connectivity index (χ1) is 12.8. The molecule has 0 spiro atoms. The third kappa shape index (κ3) is 4.60. The molecule has 0 aliphatic carbocycles. The highest BCUT2D eigenvalue weighted by Gasteiger charge is 2.23. The number of aliphatic hydroxyl groups is 1. The smallest absolute Gasteiger partial charge is 0.343 e. The van der Waals surface area contributed by atoms with Gasteiger partial charge in [-0.05, 0) is 42.7 Å². The second-order valence-corrected chi connectivity index (χ2v) is 6.50. The fourth-order valence-electron chi connectivity index (χ4n) is 2.69. The summed E-state index contributed by atoms with van der Waals surface area (Å²) in [6, 6.07) is 6.33. The predicted molar refractivity (Wildman–Crippen MR) is 103 cm³/mol. The standard InChI is InChI=1S/C21H24O6/c1-12(2)5-6-14-7-8-17(18(21(24)25)20(14)26-4)27-19-15(11-22)9-13(3)10-16(19)23/h5-10,12,22-23H,11H2,1-4H3,(H,24,25). The molecule has 6 heteroatoms. The fourth-order valence-corrected chi connectivity index (χ4v) is 2.69. The van der Waals surface area contributed by atoms with E-state index in [4.69, 9.17) is 9.47 Å². The van der Waals surface area contributed by atoms with Crippen LogP contribution in [0.2, 0.25) is 0 Å². The van der Waals surface area contributed by atoms with E-state index in [1.807, 2.05) is 19.9 Å². The van der Waals surface area contributed by atoms with Crippen LogP contribution in [0, 0.1) is 12.8 Å². The average Bonchev–Trinajstić information content (AvgIpc) is 2.61. The maximum absolute atomic E-state index is 11.9. The number of methoxy groups -OCH3 is 1. The molecule has 144 valence electrons. The fraction of sp³-hybridized carbons (Fsp3) is 0.286.